The fourth-order valence-electron chi connectivity index (χ4n) is 1.36. The number of carbonyl (C=O) groups is 1. The first-order chi connectivity index (χ1) is 7.56. The molecule has 0 heterocycles. The van der Waals surface area contributed by atoms with Crippen molar-refractivity contribution < 1.29 is 4.79 Å². The molecular weight excluding hydrogens is 336 g/mol. The highest BCUT2D eigenvalue weighted by molar-refractivity contribution is 9.13. The molecule has 0 bridgehead atoms. The van der Waals surface area contributed by atoms with E-state index in [9.17, 15) is 4.79 Å². The molecule has 0 saturated heterocycles. The minimum atomic E-state index is -0.427. The van der Waals surface area contributed by atoms with Gasteiger partial charge in [0, 0.05) is 8.95 Å². The summed E-state index contributed by atoms with van der Waals surface area (Å²) in [5.74, 6) is -0.359. The van der Waals surface area contributed by atoms with Gasteiger partial charge in [-0.15, -0.1) is 0 Å². The lowest BCUT2D eigenvalue weighted by atomic mass is 10.1. The SMILES string of the molecule is CCCNC(C(N)=O)c1ccc(Br)c(Br)c1. The van der Waals surface area contributed by atoms with Crippen LogP contribution in [-0.2, 0) is 4.79 Å². The minimum absolute atomic E-state index is 0.359. The molecule has 1 unspecified atom stereocenters. The van der Waals surface area contributed by atoms with Crippen molar-refractivity contribution in [1.82, 2.24) is 5.32 Å². The van der Waals surface area contributed by atoms with Crippen molar-refractivity contribution in [1.29, 1.82) is 0 Å². The van der Waals surface area contributed by atoms with E-state index in [1.165, 1.54) is 0 Å². The summed E-state index contributed by atoms with van der Waals surface area (Å²) in [4.78, 5) is 11.3. The molecule has 5 heteroatoms. The molecule has 88 valence electrons. The maximum absolute atomic E-state index is 11.3. The average molecular weight is 350 g/mol. The number of hydrogen-bond acceptors (Lipinski definition) is 2. The quantitative estimate of drug-likeness (QED) is 0.858. The van der Waals surface area contributed by atoms with Crippen LogP contribution in [0.2, 0.25) is 0 Å². The Morgan fingerprint density at radius 3 is 2.62 bits per heavy atom. The van der Waals surface area contributed by atoms with Crippen molar-refractivity contribution in [2.75, 3.05) is 6.54 Å². The second-order valence-electron chi connectivity index (χ2n) is 3.46. The zero-order valence-corrected chi connectivity index (χ0v) is 12.1. The van der Waals surface area contributed by atoms with Crippen LogP contribution in [-0.4, -0.2) is 12.5 Å². The summed E-state index contributed by atoms with van der Waals surface area (Å²) in [7, 11) is 0. The monoisotopic (exact) mass is 348 g/mol. The van der Waals surface area contributed by atoms with Crippen molar-refractivity contribution in [2.24, 2.45) is 5.73 Å². The maximum atomic E-state index is 11.3. The number of rotatable bonds is 5. The van der Waals surface area contributed by atoms with Gasteiger partial charge in [0.15, 0.2) is 0 Å². The molecule has 0 saturated carbocycles. The van der Waals surface area contributed by atoms with Gasteiger partial charge in [0.25, 0.3) is 0 Å². The van der Waals surface area contributed by atoms with Crippen LogP contribution in [0.15, 0.2) is 27.1 Å². The van der Waals surface area contributed by atoms with Gasteiger partial charge in [-0.2, -0.15) is 0 Å². The van der Waals surface area contributed by atoms with E-state index in [2.05, 4.69) is 37.2 Å². The predicted octanol–water partition coefficient (Wildman–Crippen LogP) is 2.74. The topological polar surface area (TPSA) is 55.1 Å². The van der Waals surface area contributed by atoms with Gasteiger partial charge in [0.1, 0.15) is 6.04 Å². The molecule has 0 fully saturated rings. The lowest BCUT2D eigenvalue weighted by Gasteiger charge is -2.15. The van der Waals surface area contributed by atoms with Crippen molar-refractivity contribution in [3.63, 3.8) is 0 Å². The van der Waals surface area contributed by atoms with Crippen LogP contribution < -0.4 is 11.1 Å². The predicted molar refractivity (Wildman–Crippen MR) is 72.1 cm³/mol. The molecule has 1 atom stereocenters. The summed E-state index contributed by atoms with van der Waals surface area (Å²) >= 11 is 6.79. The second kappa shape index (κ2) is 6.37. The number of primary amides is 1. The Labute approximate surface area is 112 Å². The summed E-state index contributed by atoms with van der Waals surface area (Å²) in [6, 6.07) is 5.24. The van der Waals surface area contributed by atoms with E-state index in [1.54, 1.807) is 0 Å². The Morgan fingerprint density at radius 1 is 1.44 bits per heavy atom. The molecule has 3 N–H and O–H groups in total. The molecule has 0 radical (unpaired) electrons. The zero-order chi connectivity index (χ0) is 12.1. The van der Waals surface area contributed by atoms with Gasteiger partial charge in [-0.3, -0.25) is 4.79 Å². The van der Waals surface area contributed by atoms with Crippen molar-refractivity contribution in [3.05, 3.63) is 32.7 Å². The van der Waals surface area contributed by atoms with Gasteiger partial charge in [-0.05, 0) is 62.5 Å². The molecule has 1 rings (SSSR count). The van der Waals surface area contributed by atoms with Crippen LogP contribution in [0.3, 0.4) is 0 Å². The fraction of sp³-hybridized carbons (Fsp3) is 0.364. The summed E-state index contributed by atoms with van der Waals surface area (Å²) in [6.07, 6.45) is 0.960. The number of hydrogen-bond donors (Lipinski definition) is 2. The Bertz CT molecular complexity index is 382. The number of nitrogens with one attached hydrogen (secondary N) is 1. The molecule has 0 aliphatic rings. The number of carbonyl (C=O) groups excluding carboxylic acids is 1. The maximum Gasteiger partial charge on any atom is 0.239 e. The van der Waals surface area contributed by atoms with Crippen LogP contribution in [0.1, 0.15) is 24.9 Å². The summed E-state index contributed by atoms with van der Waals surface area (Å²) in [6.45, 7) is 2.81. The molecule has 0 aliphatic carbocycles. The summed E-state index contributed by atoms with van der Waals surface area (Å²) < 4.78 is 1.87. The molecule has 3 nitrogen and oxygen atoms in total. The Hall–Kier alpha value is -0.390. The average Bonchev–Trinajstić information content (AvgIpc) is 2.23. The summed E-state index contributed by atoms with van der Waals surface area (Å²) in [5, 5.41) is 3.12. The van der Waals surface area contributed by atoms with Gasteiger partial charge in [-0.25, -0.2) is 0 Å². The molecule has 0 aliphatic heterocycles. The Morgan fingerprint density at radius 2 is 2.12 bits per heavy atom. The first-order valence-corrected chi connectivity index (χ1v) is 6.62. The third-order valence-electron chi connectivity index (χ3n) is 2.16. The first-order valence-electron chi connectivity index (χ1n) is 5.04. The molecular formula is C11H14Br2N2O. The third-order valence-corrected chi connectivity index (χ3v) is 4.04. The third kappa shape index (κ3) is 3.57. The summed E-state index contributed by atoms with van der Waals surface area (Å²) in [5.41, 5.74) is 6.24. The lowest BCUT2D eigenvalue weighted by Crippen LogP contribution is -2.34. The number of halogens is 2. The molecule has 1 aromatic carbocycles. The van der Waals surface area contributed by atoms with Crippen LogP contribution in [0.25, 0.3) is 0 Å². The molecule has 16 heavy (non-hydrogen) atoms. The van der Waals surface area contributed by atoms with Gasteiger partial charge < -0.3 is 11.1 Å². The molecule has 1 amide bonds. The van der Waals surface area contributed by atoms with Crippen LogP contribution >= 0.6 is 31.9 Å². The Balaban J connectivity index is 2.92. The highest BCUT2D eigenvalue weighted by atomic mass is 79.9. The van der Waals surface area contributed by atoms with E-state index in [4.69, 9.17) is 5.73 Å². The standard InChI is InChI=1S/C11H14Br2N2O/c1-2-5-15-10(11(14)16)7-3-4-8(12)9(13)6-7/h3-4,6,10,15H,2,5H2,1H3,(H2,14,16). The van der Waals surface area contributed by atoms with E-state index >= 15 is 0 Å². The number of benzene rings is 1. The zero-order valence-electron chi connectivity index (χ0n) is 8.97. The number of nitrogens with two attached hydrogens (primary N) is 1. The van der Waals surface area contributed by atoms with E-state index in [0.717, 1.165) is 27.5 Å². The molecule has 1 aromatic rings. The van der Waals surface area contributed by atoms with Crippen molar-refractivity contribution in [3.8, 4) is 0 Å². The van der Waals surface area contributed by atoms with Gasteiger partial charge in [0.05, 0.1) is 0 Å². The smallest absolute Gasteiger partial charge is 0.239 e. The van der Waals surface area contributed by atoms with Gasteiger partial charge >= 0.3 is 0 Å². The number of amides is 1. The lowest BCUT2D eigenvalue weighted by molar-refractivity contribution is -0.120. The minimum Gasteiger partial charge on any atom is -0.368 e. The first kappa shape index (κ1) is 13.7. The van der Waals surface area contributed by atoms with Gasteiger partial charge in [0.2, 0.25) is 5.91 Å². The Kier molecular flexibility index (Phi) is 5.44. The fourth-order valence-corrected chi connectivity index (χ4v) is 2.01. The van der Waals surface area contributed by atoms with E-state index in [-0.39, 0.29) is 5.91 Å². The normalized spacial score (nSPS) is 12.4. The van der Waals surface area contributed by atoms with Crippen LogP contribution in [0, 0.1) is 0 Å². The molecule has 0 spiro atoms. The molecule has 0 aromatic heterocycles. The van der Waals surface area contributed by atoms with Crippen molar-refractivity contribution >= 4 is 37.8 Å². The van der Waals surface area contributed by atoms with E-state index in [0.29, 0.717) is 0 Å². The highest BCUT2D eigenvalue weighted by Gasteiger charge is 2.17. The van der Waals surface area contributed by atoms with Crippen LogP contribution in [0.4, 0.5) is 0 Å². The highest BCUT2D eigenvalue weighted by Crippen LogP contribution is 2.26. The van der Waals surface area contributed by atoms with Gasteiger partial charge in [-0.1, -0.05) is 13.0 Å². The second-order valence-corrected chi connectivity index (χ2v) is 5.17. The van der Waals surface area contributed by atoms with Crippen molar-refractivity contribution in [2.45, 2.75) is 19.4 Å². The van der Waals surface area contributed by atoms with E-state index in [1.807, 2.05) is 25.1 Å². The van der Waals surface area contributed by atoms with E-state index < -0.39 is 6.04 Å². The van der Waals surface area contributed by atoms with Crippen LogP contribution in [0.5, 0.6) is 0 Å². The largest absolute Gasteiger partial charge is 0.368 e.